The Labute approximate surface area is 107 Å². The number of nitriles is 1. The van der Waals surface area contributed by atoms with Crippen LogP contribution in [-0.2, 0) is 16.8 Å². The van der Waals surface area contributed by atoms with E-state index in [4.69, 9.17) is 9.81 Å². The van der Waals surface area contributed by atoms with Gasteiger partial charge in [0.1, 0.15) is 6.07 Å². The van der Waals surface area contributed by atoms with Crippen molar-refractivity contribution in [3.8, 4) is 17.2 Å². The van der Waals surface area contributed by atoms with E-state index in [1.165, 1.54) is 6.20 Å². The summed E-state index contributed by atoms with van der Waals surface area (Å²) < 4.78 is 19.5. The van der Waals surface area contributed by atoms with Crippen LogP contribution in [-0.4, -0.2) is 13.7 Å². The highest BCUT2D eigenvalue weighted by atomic mass is 32.2. The number of benzene rings is 1. The zero-order valence-corrected chi connectivity index (χ0v) is 10.2. The molecule has 0 saturated carbocycles. The molecule has 18 heavy (non-hydrogen) atoms. The quantitative estimate of drug-likeness (QED) is 0.857. The van der Waals surface area contributed by atoms with Gasteiger partial charge in [0, 0.05) is 18.0 Å². The molecule has 4 nitrogen and oxygen atoms in total. The van der Waals surface area contributed by atoms with Crippen molar-refractivity contribution < 1.29 is 8.76 Å². The van der Waals surface area contributed by atoms with E-state index in [9.17, 15) is 4.21 Å². The van der Waals surface area contributed by atoms with Crippen LogP contribution in [0.4, 0.5) is 0 Å². The molecular weight excluding hydrogens is 248 g/mol. The minimum absolute atomic E-state index is 0.122. The van der Waals surface area contributed by atoms with Crippen molar-refractivity contribution >= 4 is 11.1 Å². The summed E-state index contributed by atoms with van der Waals surface area (Å²) in [6, 6.07) is 11.1. The lowest BCUT2D eigenvalue weighted by Gasteiger charge is -2.03. The number of nitrogens with zero attached hydrogens (tertiary/aromatic N) is 2. The second-order valence-corrected chi connectivity index (χ2v) is 4.67. The highest BCUT2D eigenvalue weighted by molar-refractivity contribution is 7.78. The van der Waals surface area contributed by atoms with E-state index >= 15 is 0 Å². The lowest BCUT2D eigenvalue weighted by molar-refractivity contribution is 0.563. The summed E-state index contributed by atoms with van der Waals surface area (Å²) in [6.45, 7) is 0. The molecular formula is C13H10N2O2S. The first-order chi connectivity index (χ1) is 8.69. The minimum atomic E-state index is -1.83. The summed E-state index contributed by atoms with van der Waals surface area (Å²) in [5.74, 6) is 0.122. The summed E-state index contributed by atoms with van der Waals surface area (Å²) in [5, 5.41) is 8.80. The van der Waals surface area contributed by atoms with Gasteiger partial charge in [-0.3, -0.25) is 4.98 Å². The maximum atomic E-state index is 10.7. The van der Waals surface area contributed by atoms with Gasteiger partial charge in [0.2, 0.25) is 0 Å². The second kappa shape index (κ2) is 5.54. The van der Waals surface area contributed by atoms with Gasteiger partial charge >= 0.3 is 0 Å². The van der Waals surface area contributed by atoms with Gasteiger partial charge < -0.3 is 4.55 Å². The Hall–Kier alpha value is -2.03. The monoisotopic (exact) mass is 258 g/mol. The molecule has 0 radical (unpaired) electrons. The fraction of sp³-hybridized carbons (Fsp3) is 0.0769. The average Bonchev–Trinajstić information content (AvgIpc) is 2.39. The van der Waals surface area contributed by atoms with E-state index in [1.807, 2.05) is 18.2 Å². The van der Waals surface area contributed by atoms with Crippen LogP contribution in [0.2, 0.25) is 0 Å². The van der Waals surface area contributed by atoms with Crippen LogP contribution in [0, 0.1) is 11.3 Å². The Morgan fingerprint density at radius 3 is 2.56 bits per heavy atom. The summed E-state index contributed by atoms with van der Waals surface area (Å²) in [7, 11) is 0. The molecule has 0 aliphatic rings. The number of rotatable bonds is 3. The van der Waals surface area contributed by atoms with E-state index in [0.29, 0.717) is 5.56 Å². The van der Waals surface area contributed by atoms with Gasteiger partial charge in [-0.25, -0.2) is 4.21 Å². The lowest BCUT2D eigenvalue weighted by atomic mass is 10.1. The van der Waals surface area contributed by atoms with Crippen LogP contribution >= 0.6 is 0 Å². The lowest BCUT2D eigenvalue weighted by Crippen LogP contribution is -1.92. The van der Waals surface area contributed by atoms with Crippen molar-refractivity contribution in [3.63, 3.8) is 0 Å². The topological polar surface area (TPSA) is 74.0 Å². The summed E-state index contributed by atoms with van der Waals surface area (Å²) in [4.78, 5) is 3.99. The Morgan fingerprint density at radius 1 is 1.22 bits per heavy atom. The van der Waals surface area contributed by atoms with E-state index in [2.05, 4.69) is 4.98 Å². The third kappa shape index (κ3) is 3.00. The SMILES string of the molecule is N#Cc1cncc(-c2ccc(CS(=O)O)cc2)c1. The summed E-state index contributed by atoms with van der Waals surface area (Å²) in [6.07, 6.45) is 3.19. The van der Waals surface area contributed by atoms with Crippen molar-refractivity contribution in [1.29, 1.82) is 5.26 Å². The van der Waals surface area contributed by atoms with Gasteiger partial charge in [-0.2, -0.15) is 5.26 Å². The minimum Gasteiger partial charge on any atom is -0.306 e. The van der Waals surface area contributed by atoms with Gasteiger partial charge in [-0.05, 0) is 17.2 Å². The molecule has 0 bridgehead atoms. The molecule has 1 N–H and O–H groups in total. The molecule has 0 saturated heterocycles. The molecule has 0 amide bonds. The molecule has 1 unspecified atom stereocenters. The van der Waals surface area contributed by atoms with E-state index in [1.54, 1.807) is 24.4 Å². The highest BCUT2D eigenvalue weighted by Crippen LogP contribution is 2.20. The molecule has 1 aromatic heterocycles. The first-order valence-electron chi connectivity index (χ1n) is 5.21. The number of hydrogen-bond donors (Lipinski definition) is 1. The van der Waals surface area contributed by atoms with Crippen molar-refractivity contribution in [2.75, 3.05) is 0 Å². The van der Waals surface area contributed by atoms with E-state index < -0.39 is 11.1 Å². The molecule has 5 heteroatoms. The van der Waals surface area contributed by atoms with Gasteiger partial charge in [0.25, 0.3) is 0 Å². The van der Waals surface area contributed by atoms with E-state index in [0.717, 1.165) is 16.7 Å². The van der Waals surface area contributed by atoms with Crippen molar-refractivity contribution in [1.82, 2.24) is 4.98 Å². The first-order valence-corrected chi connectivity index (χ1v) is 6.48. The van der Waals surface area contributed by atoms with Gasteiger partial charge in [0.05, 0.1) is 11.3 Å². The number of hydrogen-bond acceptors (Lipinski definition) is 3. The Bertz CT molecular complexity index is 618. The van der Waals surface area contributed by atoms with Gasteiger partial charge in [-0.1, -0.05) is 24.3 Å². The molecule has 0 fully saturated rings. The maximum Gasteiger partial charge on any atom is 0.157 e. The zero-order valence-electron chi connectivity index (χ0n) is 9.41. The van der Waals surface area contributed by atoms with Gasteiger partial charge in [0.15, 0.2) is 11.1 Å². The summed E-state index contributed by atoms with van der Waals surface area (Å²) in [5.41, 5.74) is 3.08. The molecule has 2 rings (SSSR count). The van der Waals surface area contributed by atoms with E-state index in [-0.39, 0.29) is 5.75 Å². The van der Waals surface area contributed by atoms with Gasteiger partial charge in [-0.15, -0.1) is 0 Å². The molecule has 90 valence electrons. The largest absolute Gasteiger partial charge is 0.306 e. The molecule has 1 heterocycles. The Morgan fingerprint density at radius 2 is 1.94 bits per heavy atom. The first kappa shape index (κ1) is 12.4. The third-order valence-corrected chi connectivity index (χ3v) is 3.03. The molecule has 0 spiro atoms. The maximum absolute atomic E-state index is 10.7. The van der Waals surface area contributed by atoms with Crippen LogP contribution in [0.1, 0.15) is 11.1 Å². The number of pyridine rings is 1. The molecule has 0 aliphatic heterocycles. The van der Waals surface area contributed by atoms with Crippen molar-refractivity contribution in [3.05, 3.63) is 53.9 Å². The van der Waals surface area contributed by atoms with Crippen LogP contribution in [0.25, 0.3) is 11.1 Å². The normalized spacial score (nSPS) is 11.8. The molecule has 2 aromatic rings. The average molecular weight is 258 g/mol. The van der Waals surface area contributed by atoms with Crippen LogP contribution in [0.5, 0.6) is 0 Å². The molecule has 0 aliphatic carbocycles. The summed E-state index contributed by atoms with van der Waals surface area (Å²) >= 11 is -1.83. The number of aromatic nitrogens is 1. The van der Waals surface area contributed by atoms with Crippen LogP contribution in [0.3, 0.4) is 0 Å². The fourth-order valence-corrected chi connectivity index (χ4v) is 2.07. The second-order valence-electron chi connectivity index (χ2n) is 3.74. The Balaban J connectivity index is 2.29. The fourth-order valence-electron chi connectivity index (χ4n) is 1.59. The zero-order chi connectivity index (χ0) is 13.0. The van der Waals surface area contributed by atoms with Crippen LogP contribution in [0.15, 0.2) is 42.7 Å². The smallest absolute Gasteiger partial charge is 0.157 e. The predicted octanol–water partition coefficient (Wildman–Crippen LogP) is 2.34. The van der Waals surface area contributed by atoms with Crippen LogP contribution < -0.4 is 0 Å². The molecule has 1 atom stereocenters. The standard InChI is InChI=1S/C13H10N2O2S/c14-6-11-5-13(8-15-7-11)12-3-1-10(2-4-12)9-18(16)17/h1-5,7-8H,9H2,(H,16,17). The predicted molar refractivity (Wildman–Crippen MR) is 68.9 cm³/mol. The Kier molecular flexibility index (Phi) is 3.82. The van der Waals surface area contributed by atoms with Crippen molar-refractivity contribution in [2.45, 2.75) is 5.75 Å². The third-order valence-electron chi connectivity index (χ3n) is 2.44. The molecule has 1 aromatic carbocycles. The van der Waals surface area contributed by atoms with Crippen molar-refractivity contribution in [2.24, 2.45) is 0 Å². The highest BCUT2D eigenvalue weighted by Gasteiger charge is 2.02.